The molecule has 1 fully saturated rings. The van der Waals surface area contributed by atoms with E-state index in [2.05, 4.69) is 39.5 Å². The van der Waals surface area contributed by atoms with E-state index in [1.165, 1.54) is 154 Å². The Balaban J connectivity index is 0.000000622. The lowest BCUT2D eigenvalue weighted by atomic mass is 9.79. The van der Waals surface area contributed by atoms with Gasteiger partial charge in [-0.2, -0.15) is 0 Å². The first-order valence-electron chi connectivity index (χ1n) is 15.5. The second-order valence-electron chi connectivity index (χ2n) is 10.9. The first-order valence-corrected chi connectivity index (χ1v) is 15.5. The summed E-state index contributed by atoms with van der Waals surface area (Å²) in [5, 5.41) is 0. The van der Waals surface area contributed by atoms with Gasteiger partial charge in [-0.15, -0.1) is 6.58 Å². The highest BCUT2D eigenvalue weighted by molar-refractivity contribution is 4.82. The SMILES string of the molecule is C=CCCCCCCCCCCCCCC.CCCC/C=C/CCCC(C)C1CCCCC1. The molecule has 0 aromatic rings. The van der Waals surface area contributed by atoms with Gasteiger partial charge in [-0.3, -0.25) is 0 Å². The maximum Gasteiger partial charge on any atom is -0.0351 e. The lowest BCUT2D eigenvalue weighted by Crippen LogP contribution is -2.15. The monoisotopic (exact) mass is 461 g/mol. The molecule has 1 rings (SSSR count). The molecule has 0 heteroatoms. The summed E-state index contributed by atoms with van der Waals surface area (Å²) in [6.07, 6.45) is 40.9. The van der Waals surface area contributed by atoms with Crippen molar-refractivity contribution in [3.05, 3.63) is 24.8 Å². The molecular formula is C33H64. The Labute approximate surface area is 211 Å². The normalized spacial score (nSPS) is 15.4. The zero-order valence-corrected chi connectivity index (χ0v) is 23.6. The summed E-state index contributed by atoms with van der Waals surface area (Å²) in [6, 6.07) is 0. The summed E-state index contributed by atoms with van der Waals surface area (Å²) < 4.78 is 0. The Bertz CT molecular complexity index is 387. The Morgan fingerprint density at radius 1 is 0.606 bits per heavy atom. The van der Waals surface area contributed by atoms with E-state index in [-0.39, 0.29) is 0 Å². The molecule has 1 aliphatic carbocycles. The van der Waals surface area contributed by atoms with Gasteiger partial charge in [0.15, 0.2) is 0 Å². The van der Waals surface area contributed by atoms with Gasteiger partial charge in [0.25, 0.3) is 0 Å². The predicted molar refractivity (Wildman–Crippen MR) is 154 cm³/mol. The van der Waals surface area contributed by atoms with Crippen LogP contribution in [-0.4, -0.2) is 0 Å². The molecule has 0 aromatic carbocycles. The van der Waals surface area contributed by atoms with Crippen molar-refractivity contribution < 1.29 is 0 Å². The summed E-state index contributed by atoms with van der Waals surface area (Å²) in [5.41, 5.74) is 0. The van der Waals surface area contributed by atoms with Crippen LogP contribution in [0.15, 0.2) is 24.8 Å². The van der Waals surface area contributed by atoms with Gasteiger partial charge >= 0.3 is 0 Å². The third-order valence-corrected chi connectivity index (χ3v) is 7.64. The van der Waals surface area contributed by atoms with E-state index in [4.69, 9.17) is 0 Å². The third-order valence-electron chi connectivity index (χ3n) is 7.64. The molecule has 0 amide bonds. The van der Waals surface area contributed by atoms with Crippen LogP contribution >= 0.6 is 0 Å². The van der Waals surface area contributed by atoms with E-state index in [1.54, 1.807) is 0 Å². The molecule has 0 aliphatic heterocycles. The minimum atomic E-state index is 0.972. The molecule has 0 aromatic heterocycles. The molecule has 0 radical (unpaired) electrons. The van der Waals surface area contributed by atoms with E-state index in [0.29, 0.717) is 0 Å². The van der Waals surface area contributed by atoms with Gasteiger partial charge < -0.3 is 0 Å². The summed E-state index contributed by atoms with van der Waals surface area (Å²) in [4.78, 5) is 0. The highest BCUT2D eigenvalue weighted by Crippen LogP contribution is 2.32. The van der Waals surface area contributed by atoms with Crippen LogP contribution in [0.1, 0.15) is 175 Å². The van der Waals surface area contributed by atoms with E-state index < -0.39 is 0 Å². The lowest BCUT2D eigenvalue weighted by molar-refractivity contribution is 0.249. The van der Waals surface area contributed by atoms with E-state index in [1.807, 2.05) is 6.08 Å². The third kappa shape index (κ3) is 24.4. The summed E-state index contributed by atoms with van der Waals surface area (Å²) in [5.74, 6) is 2.02. The van der Waals surface area contributed by atoms with Gasteiger partial charge in [-0.05, 0) is 43.9 Å². The molecule has 1 aliphatic rings. The van der Waals surface area contributed by atoms with Crippen molar-refractivity contribution in [2.24, 2.45) is 11.8 Å². The van der Waals surface area contributed by atoms with Crippen LogP contribution in [0, 0.1) is 11.8 Å². The van der Waals surface area contributed by atoms with Crippen LogP contribution < -0.4 is 0 Å². The molecule has 0 spiro atoms. The average Bonchev–Trinajstić information content (AvgIpc) is 2.85. The maximum absolute atomic E-state index is 3.75. The molecule has 0 heterocycles. The minimum absolute atomic E-state index is 0.972. The van der Waals surface area contributed by atoms with Gasteiger partial charge in [0.1, 0.15) is 0 Å². The van der Waals surface area contributed by atoms with Crippen molar-refractivity contribution in [2.75, 3.05) is 0 Å². The lowest BCUT2D eigenvalue weighted by Gasteiger charge is -2.27. The molecule has 1 saturated carbocycles. The fourth-order valence-corrected chi connectivity index (χ4v) is 5.18. The van der Waals surface area contributed by atoms with Gasteiger partial charge in [0.2, 0.25) is 0 Å². The molecular weight excluding hydrogens is 396 g/mol. The fourth-order valence-electron chi connectivity index (χ4n) is 5.18. The van der Waals surface area contributed by atoms with Crippen LogP contribution in [0.3, 0.4) is 0 Å². The number of hydrogen-bond donors (Lipinski definition) is 0. The first kappa shape index (κ1) is 32.5. The van der Waals surface area contributed by atoms with Gasteiger partial charge in [0, 0.05) is 0 Å². The van der Waals surface area contributed by atoms with Crippen LogP contribution in [0.5, 0.6) is 0 Å². The molecule has 0 N–H and O–H groups in total. The van der Waals surface area contributed by atoms with E-state index >= 15 is 0 Å². The summed E-state index contributed by atoms with van der Waals surface area (Å²) in [6.45, 7) is 10.8. The van der Waals surface area contributed by atoms with Crippen molar-refractivity contribution in [1.82, 2.24) is 0 Å². The van der Waals surface area contributed by atoms with Crippen LogP contribution in [0.4, 0.5) is 0 Å². The van der Waals surface area contributed by atoms with Crippen LogP contribution in [0.25, 0.3) is 0 Å². The quantitative estimate of drug-likeness (QED) is 0.118. The standard InChI is InChI=1S/C17H32.C16H32/c1-3-4-5-6-7-8-10-13-16(2)17-14-11-9-12-15-17;1-3-5-7-9-11-13-15-16-14-12-10-8-6-4-2/h6-7,16-17H,3-5,8-15H2,1-2H3;3H,1,4-16H2,2H3/b7-6+;. The Hall–Kier alpha value is -0.520. The smallest absolute Gasteiger partial charge is 0.0351 e. The molecule has 1 unspecified atom stereocenters. The van der Waals surface area contributed by atoms with Gasteiger partial charge in [-0.1, -0.05) is 161 Å². The minimum Gasteiger partial charge on any atom is -0.103 e. The topological polar surface area (TPSA) is 0 Å². The van der Waals surface area contributed by atoms with Gasteiger partial charge in [-0.25, -0.2) is 0 Å². The highest BCUT2D eigenvalue weighted by Gasteiger charge is 2.19. The molecule has 1 atom stereocenters. The Morgan fingerprint density at radius 2 is 1.09 bits per heavy atom. The van der Waals surface area contributed by atoms with E-state index in [0.717, 1.165) is 11.8 Å². The van der Waals surface area contributed by atoms with Crippen molar-refractivity contribution in [2.45, 2.75) is 175 Å². The predicted octanol–water partition coefficient (Wildman–Crippen LogP) is 12.4. The van der Waals surface area contributed by atoms with Gasteiger partial charge in [0.05, 0.1) is 0 Å². The number of unbranched alkanes of at least 4 members (excludes halogenated alkanes) is 15. The Kier molecular flexibility index (Phi) is 27.3. The largest absolute Gasteiger partial charge is 0.103 e. The summed E-state index contributed by atoms with van der Waals surface area (Å²) >= 11 is 0. The van der Waals surface area contributed by atoms with Crippen molar-refractivity contribution in [3.63, 3.8) is 0 Å². The zero-order chi connectivity index (χ0) is 24.2. The summed E-state index contributed by atoms with van der Waals surface area (Å²) in [7, 11) is 0. The second-order valence-corrected chi connectivity index (χ2v) is 10.9. The number of hydrogen-bond acceptors (Lipinski definition) is 0. The fraction of sp³-hybridized carbons (Fsp3) is 0.879. The average molecular weight is 461 g/mol. The Morgan fingerprint density at radius 3 is 1.61 bits per heavy atom. The maximum atomic E-state index is 3.75. The van der Waals surface area contributed by atoms with Crippen LogP contribution in [0.2, 0.25) is 0 Å². The van der Waals surface area contributed by atoms with Crippen molar-refractivity contribution in [1.29, 1.82) is 0 Å². The first-order chi connectivity index (χ1) is 16.3. The van der Waals surface area contributed by atoms with Crippen molar-refractivity contribution >= 4 is 0 Å². The molecule has 196 valence electrons. The molecule has 0 nitrogen and oxygen atoms in total. The number of allylic oxidation sites excluding steroid dienone is 3. The molecule has 0 bridgehead atoms. The second kappa shape index (κ2) is 27.7. The van der Waals surface area contributed by atoms with Crippen LogP contribution in [-0.2, 0) is 0 Å². The molecule has 33 heavy (non-hydrogen) atoms. The number of rotatable bonds is 21. The zero-order valence-electron chi connectivity index (χ0n) is 23.6. The van der Waals surface area contributed by atoms with Crippen molar-refractivity contribution in [3.8, 4) is 0 Å². The molecule has 0 saturated heterocycles. The van der Waals surface area contributed by atoms with E-state index in [9.17, 15) is 0 Å². The highest BCUT2D eigenvalue weighted by atomic mass is 14.2.